The maximum absolute atomic E-state index is 5.75. The number of benzene rings is 2. The molecule has 4 heteroatoms. The Morgan fingerprint density at radius 3 is 2.52 bits per heavy atom. The third-order valence-electron chi connectivity index (χ3n) is 4.94. The van der Waals surface area contributed by atoms with Crippen molar-refractivity contribution < 1.29 is 14.2 Å². The molecule has 0 radical (unpaired) electrons. The van der Waals surface area contributed by atoms with E-state index in [1.165, 1.54) is 16.7 Å². The number of hydrogen-bond donors (Lipinski definition) is 1. The largest absolute Gasteiger partial charge is 0.496 e. The fourth-order valence-corrected chi connectivity index (χ4v) is 3.99. The Morgan fingerprint density at radius 1 is 0.957 bits per heavy atom. The van der Waals surface area contributed by atoms with E-state index in [0.29, 0.717) is 6.04 Å². The molecule has 1 aliphatic heterocycles. The minimum Gasteiger partial charge on any atom is -0.496 e. The van der Waals surface area contributed by atoms with Gasteiger partial charge >= 0.3 is 0 Å². The number of nitrogens with one attached hydrogen (secondary N) is 1. The fourth-order valence-electron chi connectivity index (χ4n) is 3.99. The van der Waals surface area contributed by atoms with Crippen molar-refractivity contribution in [3.8, 4) is 28.4 Å². The first-order valence-electron chi connectivity index (χ1n) is 7.95. The lowest BCUT2D eigenvalue weighted by Crippen LogP contribution is -2.34. The van der Waals surface area contributed by atoms with Gasteiger partial charge in [-0.3, -0.25) is 0 Å². The van der Waals surface area contributed by atoms with Crippen molar-refractivity contribution in [2.24, 2.45) is 0 Å². The summed E-state index contributed by atoms with van der Waals surface area (Å²) in [5, 5.41) is 3.65. The van der Waals surface area contributed by atoms with Gasteiger partial charge in [0.1, 0.15) is 5.75 Å². The smallest absolute Gasteiger partial charge is 0.169 e. The van der Waals surface area contributed by atoms with Gasteiger partial charge in [-0.2, -0.15) is 0 Å². The van der Waals surface area contributed by atoms with Crippen LogP contribution in [0.25, 0.3) is 11.1 Å². The van der Waals surface area contributed by atoms with Gasteiger partial charge in [0.05, 0.1) is 21.3 Å². The van der Waals surface area contributed by atoms with Crippen molar-refractivity contribution in [1.82, 2.24) is 5.32 Å². The van der Waals surface area contributed by atoms with Crippen LogP contribution in [0.15, 0.2) is 24.3 Å². The van der Waals surface area contributed by atoms with E-state index in [9.17, 15) is 0 Å². The van der Waals surface area contributed by atoms with Gasteiger partial charge in [0.15, 0.2) is 11.5 Å². The topological polar surface area (TPSA) is 39.7 Å². The summed E-state index contributed by atoms with van der Waals surface area (Å²) >= 11 is 0. The van der Waals surface area contributed by atoms with Crippen molar-refractivity contribution >= 4 is 0 Å². The van der Waals surface area contributed by atoms with E-state index in [4.69, 9.17) is 14.2 Å². The summed E-state index contributed by atoms with van der Waals surface area (Å²) < 4.78 is 17.0. The molecule has 0 amide bonds. The minimum absolute atomic E-state index is 0.327. The van der Waals surface area contributed by atoms with Crippen LogP contribution in [0, 0.1) is 0 Å². The maximum Gasteiger partial charge on any atom is 0.169 e. The molecule has 0 spiro atoms. The van der Waals surface area contributed by atoms with Crippen LogP contribution in [0.3, 0.4) is 0 Å². The summed E-state index contributed by atoms with van der Waals surface area (Å²) in [6.45, 7) is 0.992. The normalized spacial score (nSPS) is 18.0. The highest BCUT2D eigenvalue weighted by atomic mass is 16.5. The summed E-state index contributed by atoms with van der Waals surface area (Å²) in [5.41, 5.74) is 6.23. The second-order valence-electron chi connectivity index (χ2n) is 6.02. The minimum atomic E-state index is 0.327. The van der Waals surface area contributed by atoms with Gasteiger partial charge in [-0.25, -0.2) is 0 Å². The Morgan fingerprint density at radius 2 is 1.78 bits per heavy atom. The zero-order valence-corrected chi connectivity index (χ0v) is 13.7. The van der Waals surface area contributed by atoms with E-state index in [1.807, 2.05) is 6.07 Å². The predicted octanol–water partition coefficient (Wildman–Crippen LogP) is 3.12. The molecule has 0 fully saturated rings. The first kappa shape index (κ1) is 14.4. The number of rotatable bonds is 3. The van der Waals surface area contributed by atoms with Crippen molar-refractivity contribution in [2.75, 3.05) is 27.9 Å². The van der Waals surface area contributed by atoms with Crippen LogP contribution in [0.5, 0.6) is 17.2 Å². The summed E-state index contributed by atoms with van der Waals surface area (Å²) in [6.07, 6.45) is 1.98. The Hall–Kier alpha value is -2.20. The molecule has 2 aromatic carbocycles. The molecule has 1 atom stereocenters. The molecular formula is C19H21NO3. The molecule has 0 saturated carbocycles. The van der Waals surface area contributed by atoms with Gasteiger partial charge in [0.2, 0.25) is 0 Å². The Bertz CT molecular complexity index is 770. The summed E-state index contributed by atoms with van der Waals surface area (Å²) in [6, 6.07) is 8.70. The monoisotopic (exact) mass is 311 g/mol. The van der Waals surface area contributed by atoms with Gasteiger partial charge in [0.25, 0.3) is 0 Å². The predicted molar refractivity (Wildman–Crippen MR) is 89.7 cm³/mol. The summed E-state index contributed by atoms with van der Waals surface area (Å²) in [7, 11) is 5.12. The second kappa shape index (κ2) is 5.46. The molecule has 1 aliphatic carbocycles. The van der Waals surface area contributed by atoms with Crippen molar-refractivity contribution in [3.05, 3.63) is 41.0 Å². The van der Waals surface area contributed by atoms with Gasteiger partial charge < -0.3 is 19.5 Å². The number of ether oxygens (including phenoxy) is 3. The Balaban J connectivity index is 2.11. The average molecular weight is 311 g/mol. The molecular weight excluding hydrogens is 290 g/mol. The molecule has 0 aromatic heterocycles. The lowest BCUT2D eigenvalue weighted by atomic mass is 9.77. The highest BCUT2D eigenvalue weighted by Gasteiger charge is 2.35. The van der Waals surface area contributed by atoms with Gasteiger partial charge in [-0.05, 0) is 48.2 Å². The molecule has 0 saturated heterocycles. The molecule has 1 heterocycles. The van der Waals surface area contributed by atoms with E-state index in [2.05, 4.69) is 23.5 Å². The van der Waals surface area contributed by atoms with E-state index in [-0.39, 0.29) is 0 Å². The molecule has 0 unspecified atom stereocenters. The molecule has 2 aromatic rings. The van der Waals surface area contributed by atoms with Crippen LogP contribution in [0.4, 0.5) is 0 Å². The van der Waals surface area contributed by atoms with Crippen LogP contribution in [-0.4, -0.2) is 27.9 Å². The van der Waals surface area contributed by atoms with E-state index < -0.39 is 0 Å². The zero-order valence-electron chi connectivity index (χ0n) is 13.7. The van der Waals surface area contributed by atoms with Crippen molar-refractivity contribution in [3.63, 3.8) is 0 Å². The lowest BCUT2D eigenvalue weighted by Gasteiger charge is -2.36. The molecule has 4 rings (SSSR count). The highest BCUT2D eigenvalue weighted by Crippen LogP contribution is 2.53. The van der Waals surface area contributed by atoms with Crippen LogP contribution in [0.2, 0.25) is 0 Å². The van der Waals surface area contributed by atoms with Crippen LogP contribution < -0.4 is 19.5 Å². The van der Waals surface area contributed by atoms with Crippen LogP contribution in [-0.2, 0) is 12.8 Å². The Labute approximate surface area is 136 Å². The van der Waals surface area contributed by atoms with E-state index in [1.54, 1.807) is 21.3 Å². The molecule has 120 valence electrons. The van der Waals surface area contributed by atoms with Gasteiger partial charge in [-0.15, -0.1) is 0 Å². The van der Waals surface area contributed by atoms with E-state index >= 15 is 0 Å². The number of hydrogen-bond acceptors (Lipinski definition) is 4. The first-order valence-corrected chi connectivity index (χ1v) is 7.95. The SMILES string of the molecule is COc1cc2c3c(c1OC)-c1c(cccc1OC)C[C@@H]3NCC2. The Kier molecular flexibility index (Phi) is 3.42. The maximum atomic E-state index is 5.75. The molecule has 2 aliphatic rings. The summed E-state index contributed by atoms with van der Waals surface area (Å²) in [4.78, 5) is 0. The van der Waals surface area contributed by atoms with E-state index in [0.717, 1.165) is 47.8 Å². The van der Waals surface area contributed by atoms with Gasteiger partial charge in [0, 0.05) is 17.2 Å². The second-order valence-corrected chi connectivity index (χ2v) is 6.02. The average Bonchev–Trinajstić information content (AvgIpc) is 2.60. The van der Waals surface area contributed by atoms with Crippen LogP contribution >= 0.6 is 0 Å². The zero-order chi connectivity index (χ0) is 16.0. The number of fused-ring (bicyclic) bond motifs is 2. The van der Waals surface area contributed by atoms with Gasteiger partial charge in [-0.1, -0.05) is 12.1 Å². The standard InChI is InChI=1S/C19H21NO3/c1-21-14-6-4-5-11-9-13-16-12(7-8-20-13)10-15(22-2)19(23-3)18(16)17(11)14/h4-6,10,13,20H,7-9H2,1-3H3/t13-/m0/s1. The first-order chi connectivity index (χ1) is 11.3. The summed E-state index contributed by atoms with van der Waals surface area (Å²) in [5.74, 6) is 2.48. The highest BCUT2D eigenvalue weighted by molar-refractivity contribution is 5.87. The number of methoxy groups -OCH3 is 3. The third kappa shape index (κ3) is 2.01. The lowest BCUT2D eigenvalue weighted by molar-refractivity contribution is 0.352. The fraction of sp³-hybridized carbons (Fsp3) is 0.368. The van der Waals surface area contributed by atoms with Crippen molar-refractivity contribution in [2.45, 2.75) is 18.9 Å². The quantitative estimate of drug-likeness (QED) is 0.945. The molecule has 1 N–H and O–H groups in total. The third-order valence-corrected chi connectivity index (χ3v) is 4.94. The molecule has 4 nitrogen and oxygen atoms in total. The van der Waals surface area contributed by atoms with Crippen LogP contribution in [0.1, 0.15) is 22.7 Å². The molecule has 0 bridgehead atoms. The molecule has 23 heavy (non-hydrogen) atoms. The van der Waals surface area contributed by atoms with Crippen molar-refractivity contribution in [1.29, 1.82) is 0 Å².